The highest BCUT2D eigenvalue weighted by molar-refractivity contribution is 8.00. The lowest BCUT2D eigenvalue weighted by Gasteiger charge is -2.58. The first kappa shape index (κ1) is 29.9. The number of ether oxygens (including phenoxy) is 3. The first-order valence-electron chi connectivity index (χ1n) is 14.4. The number of ketones is 1. The Morgan fingerprint density at radius 1 is 1.10 bits per heavy atom. The molecule has 1 fully saturated rings. The van der Waals surface area contributed by atoms with Gasteiger partial charge in [-0.1, -0.05) is 44.6 Å². The maximum absolute atomic E-state index is 13.8. The quantitative estimate of drug-likeness (QED) is 0.196. The van der Waals surface area contributed by atoms with Gasteiger partial charge in [0.2, 0.25) is 5.79 Å². The molecule has 1 aromatic carbocycles. The molecule has 7 heteroatoms. The van der Waals surface area contributed by atoms with Gasteiger partial charge in [-0.3, -0.25) is 4.79 Å². The molecule has 6 atom stereocenters. The van der Waals surface area contributed by atoms with E-state index in [0.717, 1.165) is 66.9 Å². The van der Waals surface area contributed by atoms with E-state index in [1.165, 1.54) is 0 Å². The number of aliphatic hydroxyl groups is 2. The van der Waals surface area contributed by atoms with E-state index in [-0.39, 0.29) is 47.9 Å². The largest absolute Gasteiger partial charge is 0.490 e. The van der Waals surface area contributed by atoms with Crippen LogP contribution in [-0.2, 0) is 9.53 Å². The number of rotatable bonds is 16. The Morgan fingerprint density at radius 3 is 2.54 bits per heavy atom. The fourth-order valence-corrected chi connectivity index (χ4v) is 7.98. The van der Waals surface area contributed by atoms with Crippen molar-refractivity contribution in [3.8, 4) is 11.5 Å². The van der Waals surface area contributed by atoms with Crippen molar-refractivity contribution in [1.82, 2.24) is 0 Å². The number of carbonyl (C=O) groups excluding carboxylic acids is 1. The average molecular weight is 557 g/mol. The lowest BCUT2D eigenvalue weighted by Crippen LogP contribution is -2.64. The summed E-state index contributed by atoms with van der Waals surface area (Å²) in [4.78, 5) is 13.8. The van der Waals surface area contributed by atoms with E-state index in [9.17, 15) is 15.0 Å². The molecule has 1 saturated carbocycles. The van der Waals surface area contributed by atoms with Crippen LogP contribution in [-0.4, -0.2) is 59.2 Å². The van der Waals surface area contributed by atoms with Crippen molar-refractivity contribution >= 4 is 17.5 Å². The van der Waals surface area contributed by atoms with Crippen molar-refractivity contribution in [2.24, 2.45) is 17.8 Å². The van der Waals surface area contributed by atoms with Crippen LogP contribution in [0.1, 0.15) is 63.4 Å². The molecule has 1 aliphatic heterocycles. The van der Waals surface area contributed by atoms with E-state index in [4.69, 9.17) is 14.2 Å². The monoisotopic (exact) mass is 556 g/mol. The van der Waals surface area contributed by atoms with Gasteiger partial charge in [0, 0.05) is 36.7 Å². The molecule has 2 N–H and O–H groups in total. The average Bonchev–Trinajstić information content (AvgIpc) is 2.94. The maximum atomic E-state index is 13.8. The standard InChI is InChI=1S/C32H44O6S/c1-4-17-36-23-13-14-28-26(20-23)30-24(12-8-10-16-34)22(11-7-9-15-33)19-25-27(35)21-29(39-6-3)32(38-28,31(25)30)37-18-5-2/h4-5,13-14,19-20,22,24,29-31,33-34H,1-2,6-12,15-18,21H2,3H3/t22-,24+,29-,30+,31+,32+/m0/s1. The van der Waals surface area contributed by atoms with Crippen LogP contribution in [0.25, 0.3) is 0 Å². The van der Waals surface area contributed by atoms with Gasteiger partial charge in [-0.2, -0.15) is 11.8 Å². The number of fused-ring (bicyclic) bond motifs is 2. The highest BCUT2D eigenvalue weighted by Crippen LogP contribution is 2.62. The summed E-state index contributed by atoms with van der Waals surface area (Å²) in [7, 11) is 0. The highest BCUT2D eigenvalue weighted by atomic mass is 32.2. The van der Waals surface area contributed by atoms with Gasteiger partial charge < -0.3 is 24.4 Å². The molecule has 0 saturated heterocycles. The van der Waals surface area contributed by atoms with Crippen LogP contribution in [0.2, 0.25) is 0 Å². The third-order valence-corrected chi connectivity index (χ3v) is 9.57. The minimum atomic E-state index is -0.985. The molecule has 0 radical (unpaired) electrons. The minimum absolute atomic E-state index is 0.00660. The van der Waals surface area contributed by atoms with Crippen molar-refractivity contribution in [1.29, 1.82) is 0 Å². The lowest BCUT2D eigenvalue weighted by molar-refractivity contribution is -0.227. The summed E-state index contributed by atoms with van der Waals surface area (Å²) in [6.45, 7) is 10.9. The minimum Gasteiger partial charge on any atom is -0.490 e. The van der Waals surface area contributed by atoms with Crippen LogP contribution in [0, 0.1) is 17.8 Å². The molecule has 3 aliphatic rings. The van der Waals surface area contributed by atoms with Gasteiger partial charge in [-0.25, -0.2) is 0 Å². The molecule has 0 spiro atoms. The Hall–Kier alpha value is -2.06. The van der Waals surface area contributed by atoms with E-state index in [0.29, 0.717) is 19.6 Å². The fourth-order valence-electron chi connectivity index (χ4n) is 6.82. The fraction of sp³-hybridized carbons (Fsp3) is 0.594. The Morgan fingerprint density at radius 2 is 1.85 bits per heavy atom. The molecule has 214 valence electrons. The van der Waals surface area contributed by atoms with Crippen LogP contribution in [0.15, 0.2) is 55.2 Å². The molecule has 0 unspecified atom stereocenters. The zero-order valence-corrected chi connectivity index (χ0v) is 24.0. The maximum Gasteiger partial charge on any atom is 0.230 e. The molecule has 1 aromatic rings. The van der Waals surface area contributed by atoms with Crippen molar-refractivity contribution in [2.45, 2.75) is 68.8 Å². The van der Waals surface area contributed by atoms with E-state index in [1.807, 2.05) is 12.1 Å². The number of aliphatic hydroxyl groups excluding tert-OH is 2. The van der Waals surface area contributed by atoms with Gasteiger partial charge in [-0.05, 0) is 61.5 Å². The SMILES string of the molecule is C=CCOc1ccc2c(c1)[C@H]1[C@H](CCCCO)[C@@H](CCCCO)C=C3C(=O)C[C@H](SCC)[C@@](OCC=C)(O2)[C@H]31. The molecule has 0 aromatic heterocycles. The van der Waals surface area contributed by atoms with Gasteiger partial charge in [-0.15, -0.1) is 6.58 Å². The number of Topliss-reactive ketones (excluding diaryl/α,β-unsaturated/α-hetero) is 1. The Bertz CT molecular complexity index is 1040. The summed E-state index contributed by atoms with van der Waals surface area (Å²) >= 11 is 1.73. The van der Waals surface area contributed by atoms with Gasteiger partial charge in [0.05, 0.1) is 17.8 Å². The van der Waals surface area contributed by atoms with Crippen molar-refractivity contribution < 1.29 is 29.2 Å². The Labute approximate surface area is 237 Å². The molecule has 1 heterocycles. The third kappa shape index (κ3) is 6.17. The van der Waals surface area contributed by atoms with Crippen LogP contribution in [0.5, 0.6) is 11.5 Å². The molecular weight excluding hydrogens is 512 g/mol. The molecule has 39 heavy (non-hydrogen) atoms. The number of carbonyl (C=O) groups is 1. The van der Waals surface area contributed by atoms with E-state index in [2.05, 4.69) is 32.2 Å². The second-order valence-electron chi connectivity index (χ2n) is 10.7. The number of hydrogen-bond acceptors (Lipinski definition) is 7. The summed E-state index contributed by atoms with van der Waals surface area (Å²) in [5.74, 6) is 1.73. The normalized spacial score (nSPS) is 29.1. The third-order valence-electron chi connectivity index (χ3n) is 8.34. The molecule has 0 amide bonds. The van der Waals surface area contributed by atoms with Gasteiger partial charge in [0.25, 0.3) is 0 Å². The smallest absolute Gasteiger partial charge is 0.230 e. The predicted molar refractivity (Wildman–Crippen MR) is 156 cm³/mol. The van der Waals surface area contributed by atoms with E-state index >= 15 is 0 Å². The summed E-state index contributed by atoms with van der Waals surface area (Å²) in [5, 5.41) is 18.9. The van der Waals surface area contributed by atoms with E-state index < -0.39 is 5.79 Å². The lowest BCUT2D eigenvalue weighted by atomic mass is 9.56. The van der Waals surface area contributed by atoms with Gasteiger partial charge in [0.1, 0.15) is 18.1 Å². The second kappa shape index (κ2) is 14.0. The second-order valence-corrected chi connectivity index (χ2v) is 12.2. The van der Waals surface area contributed by atoms with Crippen molar-refractivity contribution in [3.05, 3.63) is 60.7 Å². The summed E-state index contributed by atoms with van der Waals surface area (Å²) in [6, 6.07) is 5.99. The van der Waals surface area contributed by atoms with Crippen LogP contribution >= 0.6 is 11.8 Å². The number of benzene rings is 1. The molecule has 6 nitrogen and oxygen atoms in total. The first-order valence-corrected chi connectivity index (χ1v) is 15.5. The van der Waals surface area contributed by atoms with Crippen molar-refractivity contribution in [2.75, 3.05) is 32.2 Å². The number of unbranched alkanes of at least 4 members (excludes halogenated alkanes) is 2. The highest BCUT2D eigenvalue weighted by Gasteiger charge is 2.64. The van der Waals surface area contributed by atoms with Gasteiger partial charge >= 0.3 is 0 Å². The van der Waals surface area contributed by atoms with Crippen LogP contribution < -0.4 is 9.47 Å². The molecule has 2 aliphatic carbocycles. The first-order chi connectivity index (χ1) is 19.0. The van der Waals surface area contributed by atoms with Crippen LogP contribution in [0.4, 0.5) is 0 Å². The Kier molecular flexibility index (Phi) is 10.8. The molecular formula is C32H44O6S. The summed E-state index contributed by atoms with van der Waals surface area (Å²) in [6.07, 6.45) is 11.2. The number of thioether (sulfide) groups is 1. The molecule has 0 bridgehead atoms. The van der Waals surface area contributed by atoms with Crippen LogP contribution in [0.3, 0.4) is 0 Å². The number of hydrogen-bond donors (Lipinski definition) is 2. The van der Waals surface area contributed by atoms with Crippen molar-refractivity contribution in [3.63, 3.8) is 0 Å². The number of allylic oxidation sites excluding steroid dienone is 1. The molecule has 4 rings (SSSR count). The zero-order chi connectivity index (χ0) is 27.8. The van der Waals surface area contributed by atoms with E-state index in [1.54, 1.807) is 23.9 Å². The topological polar surface area (TPSA) is 85.2 Å². The predicted octanol–water partition coefficient (Wildman–Crippen LogP) is 5.83. The Balaban J connectivity index is 1.90. The van der Waals surface area contributed by atoms with Gasteiger partial charge in [0.15, 0.2) is 5.78 Å². The summed E-state index contributed by atoms with van der Waals surface area (Å²) < 4.78 is 19.5. The summed E-state index contributed by atoms with van der Waals surface area (Å²) in [5.41, 5.74) is 1.88. The zero-order valence-electron chi connectivity index (χ0n) is 23.2.